The molecule has 3 nitrogen and oxygen atoms in total. The maximum atomic E-state index is 13.0. The molecule has 1 aromatic carbocycles. The molecule has 0 fully saturated rings. The summed E-state index contributed by atoms with van der Waals surface area (Å²) in [7, 11) is -5.61. The first kappa shape index (κ1) is 12.9. The standard InChI is InChI=1S/C8H6F4O3S/c1-2-3-4(9)6(11)8(16(13,14)15)7(12)5(3)10/h2H2,1H3,(H,13,14,15)/p-1. The predicted molar refractivity (Wildman–Crippen MR) is 43.6 cm³/mol. The largest absolute Gasteiger partial charge is 0.744 e. The molecule has 0 radical (unpaired) electrons. The molecule has 0 unspecified atom stereocenters. The Labute approximate surface area is 88.5 Å². The molecule has 0 spiro atoms. The smallest absolute Gasteiger partial charge is 0.179 e. The van der Waals surface area contributed by atoms with Crippen molar-refractivity contribution in [1.29, 1.82) is 0 Å². The van der Waals surface area contributed by atoms with Crippen LogP contribution >= 0.6 is 0 Å². The van der Waals surface area contributed by atoms with Crippen LogP contribution in [0.15, 0.2) is 4.90 Å². The molecule has 0 aliphatic rings. The molecule has 0 saturated carbocycles. The highest BCUT2D eigenvalue weighted by atomic mass is 32.2. The van der Waals surface area contributed by atoms with Crippen LogP contribution in [0, 0.1) is 23.3 Å². The van der Waals surface area contributed by atoms with Crippen LogP contribution in [0.2, 0.25) is 0 Å². The Kier molecular flexibility index (Phi) is 3.25. The van der Waals surface area contributed by atoms with Crippen molar-refractivity contribution in [2.45, 2.75) is 18.2 Å². The highest BCUT2D eigenvalue weighted by molar-refractivity contribution is 7.85. The van der Waals surface area contributed by atoms with Crippen molar-refractivity contribution in [3.8, 4) is 0 Å². The van der Waals surface area contributed by atoms with Gasteiger partial charge in [0.2, 0.25) is 0 Å². The minimum atomic E-state index is -5.61. The number of halogens is 4. The first-order valence-electron chi connectivity index (χ1n) is 4.02. The lowest BCUT2D eigenvalue weighted by Gasteiger charge is -2.13. The number of hydrogen-bond acceptors (Lipinski definition) is 3. The van der Waals surface area contributed by atoms with Gasteiger partial charge >= 0.3 is 0 Å². The third-order valence-electron chi connectivity index (χ3n) is 1.92. The van der Waals surface area contributed by atoms with Gasteiger partial charge in [-0.2, -0.15) is 0 Å². The normalized spacial score (nSPS) is 11.9. The van der Waals surface area contributed by atoms with Crippen molar-refractivity contribution in [3.05, 3.63) is 28.8 Å². The van der Waals surface area contributed by atoms with E-state index in [9.17, 15) is 30.5 Å². The Hall–Kier alpha value is -1.15. The molecule has 0 bridgehead atoms. The van der Waals surface area contributed by atoms with Gasteiger partial charge in [0, 0.05) is 5.56 Å². The van der Waals surface area contributed by atoms with Gasteiger partial charge in [-0.1, -0.05) is 6.92 Å². The Morgan fingerprint density at radius 3 is 1.62 bits per heavy atom. The van der Waals surface area contributed by atoms with Gasteiger partial charge in [-0.25, -0.2) is 26.0 Å². The van der Waals surface area contributed by atoms with Crippen molar-refractivity contribution in [1.82, 2.24) is 0 Å². The summed E-state index contributed by atoms with van der Waals surface area (Å²) in [6, 6.07) is 0. The summed E-state index contributed by atoms with van der Waals surface area (Å²) >= 11 is 0. The number of benzene rings is 1. The molecule has 16 heavy (non-hydrogen) atoms. The van der Waals surface area contributed by atoms with Crippen molar-refractivity contribution in [3.63, 3.8) is 0 Å². The monoisotopic (exact) mass is 257 g/mol. The topological polar surface area (TPSA) is 57.2 Å². The number of hydrogen-bond donors (Lipinski definition) is 0. The fourth-order valence-corrected chi connectivity index (χ4v) is 1.81. The van der Waals surface area contributed by atoms with Crippen LogP contribution in [0.5, 0.6) is 0 Å². The van der Waals surface area contributed by atoms with Gasteiger partial charge in [0.1, 0.15) is 15.0 Å². The fraction of sp³-hybridized carbons (Fsp3) is 0.250. The molecule has 90 valence electrons. The zero-order valence-corrected chi connectivity index (χ0v) is 8.67. The van der Waals surface area contributed by atoms with Gasteiger partial charge in [0.15, 0.2) is 23.3 Å². The average molecular weight is 257 g/mol. The molecule has 0 heterocycles. The maximum Gasteiger partial charge on any atom is 0.179 e. The quantitative estimate of drug-likeness (QED) is 0.460. The zero-order chi connectivity index (χ0) is 12.7. The molecule has 0 aliphatic heterocycles. The van der Waals surface area contributed by atoms with Crippen LogP contribution in [0.1, 0.15) is 12.5 Å². The number of rotatable bonds is 2. The highest BCUT2D eigenvalue weighted by Gasteiger charge is 2.27. The van der Waals surface area contributed by atoms with Crippen molar-refractivity contribution < 1.29 is 30.5 Å². The maximum absolute atomic E-state index is 13.0. The highest BCUT2D eigenvalue weighted by Crippen LogP contribution is 2.27. The molecule has 0 saturated heterocycles. The Morgan fingerprint density at radius 1 is 1.00 bits per heavy atom. The third kappa shape index (κ3) is 1.90. The van der Waals surface area contributed by atoms with Crippen LogP contribution < -0.4 is 0 Å². The molecule has 0 aliphatic carbocycles. The molecule has 0 amide bonds. The predicted octanol–water partition coefficient (Wildman–Crippen LogP) is 1.71. The molecule has 0 aromatic heterocycles. The zero-order valence-electron chi connectivity index (χ0n) is 7.85. The second-order valence-corrected chi connectivity index (χ2v) is 4.19. The van der Waals surface area contributed by atoms with Crippen LogP contribution in [-0.4, -0.2) is 13.0 Å². The van der Waals surface area contributed by atoms with Crippen LogP contribution in [0.25, 0.3) is 0 Å². The van der Waals surface area contributed by atoms with E-state index in [1.807, 2.05) is 0 Å². The molecular weight excluding hydrogens is 252 g/mol. The minimum Gasteiger partial charge on any atom is -0.744 e. The Bertz CT molecular complexity index is 510. The summed E-state index contributed by atoms with van der Waals surface area (Å²) in [6.07, 6.45) is -0.384. The van der Waals surface area contributed by atoms with E-state index in [2.05, 4.69) is 0 Å². The van der Waals surface area contributed by atoms with E-state index in [0.29, 0.717) is 0 Å². The molecule has 8 heteroatoms. The molecule has 0 N–H and O–H groups in total. The van der Waals surface area contributed by atoms with Crippen LogP contribution in [0.4, 0.5) is 17.6 Å². The summed E-state index contributed by atoms with van der Waals surface area (Å²) in [6.45, 7) is 1.21. The van der Waals surface area contributed by atoms with Gasteiger partial charge in [-0.3, -0.25) is 0 Å². The van der Waals surface area contributed by atoms with Gasteiger partial charge in [0.05, 0.1) is 0 Å². The lowest BCUT2D eigenvalue weighted by molar-refractivity contribution is 0.391. The first-order valence-corrected chi connectivity index (χ1v) is 5.43. The summed E-state index contributed by atoms with van der Waals surface area (Å²) in [4.78, 5) is -2.13. The van der Waals surface area contributed by atoms with Gasteiger partial charge < -0.3 is 4.55 Å². The summed E-state index contributed by atoms with van der Waals surface area (Å²) < 4.78 is 83.4. The second kappa shape index (κ2) is 4.02. The van der Waals surface area contributed by atoms with E-state index in [4.69, 9.17) is 0 Å². The van der Waals surface area contributed by atoms with Crippen LogP contribution in [-0.2, 0) is 16.5 Å². The summed E-state index contributed by atoms with van der Waals surface area (Å²) in [5.41, 5.74) is -0.942. The fourth-order valence-electron chi connectivity index (χ4n) is 1.19. The van der Waals surface area contributed by atoms with E-state index in [1.54, 1.807) is 0 Å². The first-order chi connectivity index (χ1) is 7.21. The molecule has 0 atom stereocenters. The van der Waals surface area contributed by atoms with Crippen molar-refractivity contribution >= 4 is 10.1 Å². The Balaban J connectivity index is 3.82. The minimum absolute atomic E-state index is 0.384. The third-order valence-corrected chi connectivity index (χ3v) is 2.78. The van der Waals surface area contributed by atoms with Crippen molar-refractivity contribution in [2.24, 2.45) is 0 Å². The lowest BCUT2D eigenvalue weighted by atomic mass is 10.1. The molecule has 1 aromatic rings. The SMILES string of the molecule is CCc1c(F)c(F)c(S(=O)(=O)[O-])c(F)c1F. The second-order valence-electron chi connectivity index (χ2n) is 2.87. The Morgan fingerprint density at radius 2 is 1.38 bits per heavy atom. The van der Waals surface area contributed by atoms with E-state index >= 15 is 0 Å². The van der Waals surface area contributed by atoms with E-state index in [-0.39, 0.29) is 6.42 Å². The summed E-state index contributed by atoms with van der Waals surface area (Å²) in [5, 5.41) is 0. The molecular formula is C8H5F4O3S-. The van der Waals surface area contributed by atoms with E-state index in [0.717, 1.165) is 0 Å². The molecule has 1 rings (SSSR count). The van der Waals surface area contributed by atoms with Crippen LogP contribution in [0.3, 0.4) is 0 Å². The lowest BCUT2D eigenvalue weighted by Crippen LogP contribution is -2.12. The van der Waals surface area contributed by atoms with E-state index in [1.165, 1.54) is 6.92 Å². The van der Waals surface area contributed by atoms with Gasteiger partial charge in [-0.15, -0.1) is 0 Å². The van der Waals surface area contributed by atoms with Crippen molar-refractivity contribution in [2.75, 3.05) is 0 Å². The average Bonchev–Trinajstić information content (AvgIpc) is 2.14. The van der Waals surface area contributed by atoms with Gasteiger partial charge in [0.25, 0.3) is 0 Å². The summed E-state index contributed by atoms with van der Waals surface area (Å²) in [5.74, 6) is -8.11. The van der Waals surface area contributed by atoms with Gasteiger partial charge in [-0.05, 0) is 6.42 Å². The van der Waals surface area contributed by atoms with E-state index < -0.39 is 43.8 Å².